The van der Waals surface area contributed by atoms with Crippen molar-refractivity contribution in [1.29, 1.82) is 0 Å². The summed E-state index contributed by atoms with van der Waals surface area (Å²) in [5.41, 5.74) is 7.53. The number of furan rings is 1. The van der Waals surface area contributed by atoms with E-state index < -0.39 is 0 Å². The molecule has 0 fully saturated rings. The van der Waals surface area contributed by atoms with Crippen LogP contribution in [0, 0.1) is 0 Å². The average Bonchev–Trinajstić information content (AvgIpc) is 3.85. The van der Waals surface area contributed by atoms with Crippen LogP contribution in [0.2, 0.25) is 0 Å². The zero-order valence-corrected chi connectivity index (χ0v) is 25.3. The molecule has 0 aliphatic heterocycles. The number of rotatable bonds is 2. The molecule has 0 saturated heterocycles. The summed E-state index contributed by atoms with van der Waals surface area (Å²) >= 11 is 1.82. The lowest BCUT2D eigenvalue weighted by Crippen LogP contribution is -1.97. The molecule has 0 bridgehead atoms. The maximum absolute atomic E-state index is 6.33. The van der Waals surface area contributed by atoms with Crippen molar-refractivity contribution in [3.05, 3.63) is 140 Å². The molecule has 0 atom stereocenters. The fraction of sp³-hybridized carbons (Fsp3) is 0. The van der Waals surface area contributed by atoms with Crippen molar-refractivity contribution in [2.24, 2.45) is 0 Å². The molecule has 0 unspecified atom stereocenters. The summed E-state index contributed by atoms with van der Waals surface area (Å²) in [6.07, 6.45) is 1.95. The number of nitrogens with zero attached hydrogens (tertiary/aromatic N) is 3. The van der Waals surface area contributed by atoms with Gasteiger partial charge in [0.25, 0.3) is 0 Å². The summed E-state index contributed by atoms with van der Waals surface area (Å²) in [5.74, 6) is 0.975. The zero-order chi connectivity index (χ0) is 29.9. The molecular formula is C41H23N3OS. The molecule has 0 saturated carbocycles. The number of hydrogen-bond donors (Lipinski definition) is 0. The van der Waals surface area contributed by atoms with Gasteiger partial charge in [0.2, 0.25) is 0 Å². The predicted molar refractivity (Wildman–Crippen MR) is 193 cm³/mol. The highest BCUT2D eigenvalue weighted by atomic mass is 32.1. The van der Waals surface area contributed by atoms with Crippen LogP contribution in [0.15, 0.2) is 144 Å². The van der Waals surface area contributed by atoms with Crippen LogP contribution in [0.4, 0.5) is 0 Å². The van der Waals surface area contributed by atoms with Gasteiger partial charge in [0.1, 0.15) is 11.2 Å². The van der Waals surface area contributed by atoms with Crippen LogP contribution in [0.25, 0.3) is 97.2 Å². The van der Waals surface area contributed by atoms with Crippen molar-refractivity contribution in [3.8, 4) is 11.5 Å². The highest BCUT2D eigenvalue weighted by molar-refractivity contribution is 7.26. The minimum Gasteiger partial charge on any atom is -0.456 e. The van der Waals surface area contributed by atoms with E-state index in [9.17, 15) is 0 Å². The van der Waals surface area contributed by atoms with Gasteiger partial charge in [-0.05, 0) is 54.6 Å². The van der Waals surface area contributed by atoms with Gasteiger partial charge in [-0.1, -0.05) is 72.8 Å². The first-order chi connectivity index (χ1) is 22.8. The first kappa shape index (κ1) is 24.4. The third-order valence-electron chi connectivity index (χ3n) is 9.58. The number of aromatic nitrogens is 3. The molecule has 5 heteroatoms. The van der Waals surface area contributed by atoms with Crippen LogP contribution < -0.4 is 0 Å². The van der Waals surface area contributed by atoms with E-state index in [1.165, 1.54) is 52.8 Å². The van der Waals surface area contributed by atoms with Crippen molar-refractivity contribution in [2.75, 3.05) is 0 Å². The lowest BCUT2D eigenvalue weighted by atomic mass is 10.1. The molecule has 0 spiro atoms. The Kier molecular flexibility index (Phi) is 4.69. The Morgan fingerprint density at radius 2 is 1.11 bits per heavy atom. The molecular weight excluding hydrogens is 583 g/mol. The molecule has 5 heterocycles. The highest BCUT2D eigenvalue weighted by Gasteiger charge is 2.22. The minimum atomic E-state index is 0.893. The lowest BCUT2D eigenvalue weighted by Gasteiger charge is -2.09. The van der Waals surface area contributed by atoms with Gasteiger partial charge in [0, 0.05) is 65.7 Å². The van der Waals surface area contributed by atoms with E-state index in [-0.39, 0.29) is 0 Å². The van der Waals surface area contributed by atoms with Crippen molar-refractivity contribution in [3.63, 3.8) is 0 Å². The molecule has 6 aromatic carbocycles. The fourth-order valence-corrected chi connectivity index (χ4v) is 8.85. The van der Waals surface area contributed by atoms with E-state index in [0.717, 1.165) is 44.5 Å². The molecule has 0 amide bonds. The van der Waals surface area contributed by atoms with E-state index in [1.54, 1.807) is 0 Å². The number of pyridine rings is 1. The van der Waals surface area contributed by atoms with Gasteiger partial charge in [-0.2, -0.15) is 0 Å². The van der Waals surface area contributed by atoms with E-state index in [4.69, 9.17) is 9.40 Å². The Labute approximate surface area is 265 Å². The van der Waals surface area contributed by atoms with Crippen molar-refractivity contribution in [1.82, 2.24) is 14.1 Å². The summed E-state index contributed by atoms with van der Waals surface area (Å²) in [6, 6.07) is 47.7. The maximum atomic E-state index is 6.33. The fourth-order valence-electron chi connectivity index (χ4n) is 7.68. The van der Waals surface area contributed by atoms with E-state index in [2.05, 4.69) is 130 Å². The van der Waals surface area contributed by atoms with Crippen LogP contribution in [-0.4, -0.2) is 14.1 Å². The highest BCUT2D eigenvalue weighted by Crippen LogP contribution is 2.44. The van der Waals surface area contributed by atoms with E-state index in [1.807, 2.05) is 29.7 Å². The lowest BCUT2D eigenvalue weighted by molar-refractivity contribution is 0.668. The van der Waals surface area contributed by atoms with Gasteiger partial charge >= 0.3 is 0 Å². The van der Waals surface area contributed by atoms with Crippen LogP contribution in [-0.2, 0) is 0 Å². The van der Waals surface area contributed by atoms with Gasteiger partial charge < -0.3 is 8.98 Å². The van der Waals surface area contributed by atoms with E-state index >= 15 is 0 Å². The van der Waals surface area contributed by atoms with Gasteiger partial charge in [0.15, 0.2) is 5.82 Å². The predicted octanol–water partition coefficient (Wildman–Crippen LogP) is 11.5. The second-order valence-electron chi connectivity index (χ2n) is 11.9. The van der Waals surface area contributed by atoms with E-state index in [0.29, 0.717) is 0 Å². The van der Waals surface area contributed by atoms with Crippen LogP contribution >= 0.6 is 11.3 Å². The standard InChI is InChI=1S/C41H23N3OS/c1-5-13-31-29(11-1)38-33(43(31)24-17-18-26-25-9-3-7-15-35(25)45-36(26)23-24)19-20-34-39(38)30-12-2-6-14-32(30)44(34)41-40-28(21-22-42-41)27-10-4-8-16-37(27)46-40/h1-23H. The van der Waals surface area contributed by atoms with Crippen LogP contribution in [0.3, 0.4) is 0 Å². The van der Waals surface area contributed by atoms with Gasteiger partial charge in [-0.3, -0.25) is 4.57 Å². The monoisotopic (exact) mass is 605 g/mol. The number of benzene rings is 6. The minimum absolute atomic E-state index is 0.893. The third-order valence-corrected chi connectivity index (χ3v) is 10.8. The van der Waals surface area contributed by atoms with Gasteiger partial charge in [-0.15, -0.1) is 11.3 Å². The van der Waals surface area contributed by atoms with Gasteiger partial charge in [-0.25, -0.2) is 4.98 Å². The molecule has 4 nitrogen and oxygen atoms in total. The maximum Gasteiger partial charge on any atom is 0.155 e. The molecule has 0 aliphatic carbocycles. The number of hydrogen-bond acceptors (Lipinski definition) is 3. The van der Waals surface area contributed by atoms with Crippen LogP contribution in [0.1, 0.15) is 0 Å². The molecule has 0 radical (unpaired) electrons. The number of fused-ring (bicyclic) bond motifs is 13. The number of thiophene rings is 1. The Hall–Kier alpha value is -5.91. The Balaban J connectivity index is 1.27. The normalized spacial score (nSPS) is 12.3. The summed E-state index contributed by atoms with van der Waals surface area (Å²) in [4.78, 5) is 5.04. The molecule has 0 aliphatic rings. The van der Waals surface area contributed by atoms with Crippen molar-refractivity contribution < 1.29 is 4.42 Å². The smallest absolute Gasteiger partial charge is 0.155 e. The number of para-hydroxylation sites is 3. The summed E-state index contributed by atoms with van der Waals surface area (Å²) < 4.78 is 13.6. The Morgan fingerprint density at radius 1 is 0.478 bits per heavy atom. The molecule has 46 heavy (non-hydrogen) atoms. The second-order valence-corrected chi connectivity index (χ2v) is 13.0. The van der Waals surface area contributed by atoms with Crippen LogP contribution in [0.5, 0.6) is 0 Å². The summed E-state index contributed by atoms with van der Waals surface area (Å²) in [6.45, 7) is 0. The zero-order valence-electron chi connectivity index (χ0n) is 24.4. The van der Waals surface area contributed by atoms with Crippen molar-refractivity contribution >= 4 is 97.1 Å². The third kappa shape index (κ3) is 3.10. The quantitative estimate of drug-likeness (QED) is 0.196. The van der Waals surface area contributed by atoms with Crippen molar-refractivity contribution in [2.45, 2.75) is 0 Å². The molecule has 214 valence electrons. The molecule has 11 rings (SSSR count). The Bertz CT molecular complexity index is 3040. The second kappa shape index (κ2) is 8.84. The Morgan fingerprint density at radius 3 is 1.91 bits per heavy atom. The molecule has 11 aromatic rings. The SMILES string of the molecule is c1ccc2c(c1)oc1cc(-n3c4ccccc4c4c5c6ccccc6n(-c6nccc7c6sc6ccccc67)c5ccc43)ccc12. The van der Waals surface area contributed by atoms with Gasteiger partial charge in [0.05, 0.1) is 26.8 Å². The molecule has 5 aromatic heterocycles. The summed E-state index contributed by atoms with van der Waals surface area (Å²) in [5, 5.41) is 9.73. The average molecular weight is 606 g/mol. The first-order valence-corrected chi connectivity index (χ1v) is 16.3. The first-order valence-electron chi connectivity index (χ1n) is 15.5. The largest absolute Gasteiger partial charge is 0.456 e. The molecule has 0 N–H and O–H groups in total. The topological polar surface area (TPSA) is 35.9 Å². The summed E-state index contributed by atoms with van der Waals surface area (Å²) in [7, 11) is 0.